The van der Waals surface area contributed by atoms with Crippen molar-refractivity contribution in [2.75, 3.05) is 19.8 Å². The van der Waals surface area contributed by atoms with Gasteiger partial charge in [-0.15, -0.1) is 0 Å². The standard InChI is InChI=1S/C46H53ClF6N4/c1-26(2)35-14-11-15-36(27(3)4)40(35)44(55-42-37(28(5)6)16-12-17-38(42)29(7)8)57-19-13-18-56(25-57)43(32-22-33(45(48,49)50)24-34(47)23-32)54-41-31(10)20-30(9)21-39(41)46(51,52)53/h11-12,14-17,20-24,26-29H,13,18-19,25H2,1-10H3. The van der Waals surface area contributed by atoms with Crippen molar-refractivity contribution >= 4 is 34.6 Å². The molecule has 57 heavy (non-hydrogen) atoms. The zero-order valence-corrected chi connectivity index (χ0v) is 35.2. The van der Waals surface area contributed by atoms with Gasteiger partial charge in [-0.1, -0.05) is 115 Å². The Bertz CT molecular complexity index is 2090. The molecule has 0 unspecified atom stereocenters. The van der Waals surface area contributed by atoms with Crippen molar-refractivity contribution in [1.29, 1.82) is 0 Å². The molecular formula is C46H53ClF6N4. The van der Waals surface area contributed by atoms with Gasteiger partial charge in [0.25, 0.3) is 0 Å². The highest BCUT2D eigenvalue weighted by atomic mass is 35.5. The van der Waals surface area contributed by atoms with E-state index in [1.54, 1.807) is 17.9 Å². The van der Waals surface area contributed by atoms with Crippen LogP contribution in [-0.2, 0) is 12.4 Å². The number of aliphatic imine (C=N–C) groups is 2. The summed E-state index contributed by atoms with van der Waals surface area (Å²) in [4.78, 5) is 14.2. The molecule has 1 aliphatic rings. The summed E-state index contributed by atoms with van der Waals surface area (Å²) >= 11 is 6.34. The molecule has 1 saturated heterocycles. The Kier molecular flexibility index (Phi) is 13.3. The Morgan fingerprint density at radius 2 is 1.11 bits per heavy atom. The fraction of sp³-hybridized carbons (Fsp3) is 0.435. The number of halogens is 7. The van der Waals surface area contributed by atoms with Gasteiger partial charge in [-0.05, 0) is 96.0 Å². The summed E-state index contributed by atoms with van der Waals surface area (Å²) in [5.41, 5.74) is 4.43. The van der Waals surface area contributed by atoms with E-state index in [2.05, 4.69) is 102 Å². The molecule has 4 nitrogen and oxygen atoms in total. The maximum Gasteiger partial charge on any atom is 0.418 e. The molecule has 0 aromatic heterocycles. The molecule has 0 atom stereocenters. The number of aryl methyl sites for hydroxylation is 2. The van der Waals surface area contributed by atoms with E-state index in [1.165, 1.54) is 13.0 Å². The van der Waals surface area contributed by atoms with E-state index in [-0.39, 0.29) is 58.0 Å². The van der Waals surface area contributed by atoms with Crippen molar-refractivity contribution < 1.29 is 26.3 Å². The van der Waals surface area contributed by atoms with Gasteiger partial charge in [0.15, 0.2) is 0 Å². The Balaban J connectivity index is 1.83. The monoisotopic (exact) mass is 810 g/mol. The number of hydrogen-bond donors (Lipinski definition) is 0. The van der Waals surface area contributed by atoms with Crippen LogP contribution in [-0.4, -0.2) is 41.2 Å². The molecule has 0 radical (unpaired) electrons. The van der Waals surface area contributed by atoms with Crippen LogP contribution in [0.3, 0.4) is 0 Å². The molecule has 5 rings (SSSR count). The lowest BCUT2D eigenvalue weighted by Crippen LogP contribution is -2.50. The van der Waals surface area contributed by atoms with Crippen molar-refractivity contribution in [3.8, 4) is 0 Å². The van der Waals surface area contributed by atoms with Crippen LogP contribution < -0.4 is 0 Å². The maximum absolute atomic E-state index is 14.7. The number of nitrogens with zero attached hydrogens (tertiary/aromatic N) is 4. The molecule has 1 heterocycles. The van der Waals surface area contributed by atoms with Crippen LogP contribution in [0.2, 0.25) is 5.02 Å². The summed E-state index contributed by atoms with van der Waals surface area (Å²) in [7, 11) is 0. The van der Waals surface area contributed by atoms with Crippen LogP contribution in [0.4, 0.5) is 37.7 Å². The first-order valence-corrected chi connectivity index (χ1v) is 20.0. The van der Waals surface area contributed by atoms with Crippen LogP contribution in [0, 0.1) is 13.8 Å². The Morgan fingerprint density at radius 3 is 1.60 bits per heavy atom. The fourth-order valence-corrected chi connectivity index (χ4v) is 7.85. The maximum atomic E-state index is 14.7. The molecule has 0 saturated carbocycles. The number of hydrogen-bond acceptors (Lipinski definition) is 2. The van der Waals surface area contributed by atoms with Gasteiger partial charge in [0, 0.05) is 29.2 Å². The predicted molar refractivity (Wildman–Crippen MR) is 222 cm³/mol. The summed E-state index contributed by atoms with van der Waals surface area (Å²) < 4.78 is 86.8. The van der Waals surface area contributed by atoms with E-state index >= 15 is 0 Å². The predicted octanol–water partition coefficient (Wildman–Crippen LogP) is 14.3. The van der Waals surface area contributed by atoms with Crippen molar-refractivity contribution in [2.45, 2.75) is 112 Å². The molecule has 11 heteroatoms. The molecule has 0 aliphatic carbocycles. The van der Waals surface area contributed by atoms with E-state index < -0.39 is 23.5 Å². The van der Waals surface area contributed by atoms with E-state index in [1.807, 2.05) is 0 Å². The summed E-state index contributed by atoms with van der Waals surface area (Å²) in [5, 5.41) is -0.209. The summed E-state index contributed by atoms with van der Waals surface area (Å²) in [6.07, 6.45) is -9.01. The van der Waals surface area contributed by atoms with E-state index in [9.17, 15) is 26.3 Å². The van der Waals surface area contributed by atoms with Crippen LogP contribution >= 0.6 is 11.6 Å². The lowest BCUT2D eigenvalue weighted by atomic mass is 9.87. The molecule has 306 valence electrons. The van der Waals surface area contributed by atoms with Crippen LogP contribution in [0.15, 0.2) is 76.7 Å². The summed E-state index contributed by atoms with van der Waals surface area (Å²) in [6.45, 7) is 21.1. The second kappa shape index (κ2) is 17.3. The van der Waals surface area contributed by atoms with E-state index in [0.717, 1.165) is 51.7 Å². The number of para-hydroxylation sites is 1. The Hall–Kier alpha value is -4.31. The average molecular weight is 811 g/mol. The third-order valence-electron chi connectivity index (χ3n) is 10.4. The molecule has 0 amide bonds. The first-order chi connectivity index (χ1) is 26.6. The lowest BCUT2D eigenvalue weighted by molar-refractivity contribution is -0.138. The third kappa shape index (κ3) is 9.87. The van der Waals surface area contributed by atoms with Crippen LogP contribution in [0.1, 0.15) is 141 Å². The van der Waals surface area contributed by atoms with Gasteiger partial charge in [0.2, 0.25) is 0 Å². The highest BCUT2D eigenvalue weighted by Gasteiger charge is 2.37. The van der Waals surface area contributed by atoms with Gasteiger partial charge in [0.1, 0.15) is 11.7 Å². The van der Waals surface area contributed by atoms with Crippen molar-refractivity contribution in [1.82, 2.24) is 9.80 Å². The second-order valence-electron chi connectivity index (χ2n) is 16.3. The molecule has 1 aliphatic heterocycles. The minimum atomic E-state index is -4.77. The molecule has 4 aromatic carbocycles. The van der Waals surface area contributed by atoms with Gasteiger partial charge < -0.3 is 9.80 Å². The Morgan fingerprint density at radius 1 is 0.614 bits per heavy atom. The SMILES string of the molecule is Cc1cc(C)c(N=C(c2cc(Cl)cc(C(F)(F)F)c2)N2CCCN(C(=Nc3c(C(C)C)cccc3C(C)C)c3c(C(C)C)cccc3C(C)C)C2)c(C(F)(F)F)c1. The number of amidine groups is 2. The second-order valence-corrected chi connectivity index (χ2v) is 16.7. The molecule has 0 bridgehead atoms. The van der Waals surface area contributed by atoms with Gasteiger partial charge in [0.05, 0.1) is 29.2 Å². The number of alkyl halides is 6. The largest absolute Gasteiger partial charge is 0.418 e. The highest BCUT2D eigenvalue weighted by molar-refractivity contribution is 6.31. The molecule has 1 fully saturated rings. The smallest absolute Gasteiger partial charge is 0.338 e. The van der Waals surface area contributed by atoms with E-state index in [0.29, 0.717) is 30.9 Å². The summed E-state index contributed by atoms with van der Waals surface area (Å²) in [5.74, 6) is 1.18. The molecular weight excluding hydrogens is 758 g/mol. The molecule has 0 N–H and O–H groups in total. The third-order valence-corrected chi connectivity index (χ3v) is 10.6. The van der Waals surface area contributed by atoms with Crippen molar-refractivity contribution in [3.05, 3.63) is 127 Å². The topological polar surface area (TPSA) is 31.2 Å². The Labute approximate surface area is 338 Å². The summed E-state index contributed by atoms with van der Waals surface area (Å²) in [6, 6.07) is 18.2. The normalized spacial score (nSPS) is 14.9. The number of rotatable bonds is 8. The van der Waals surface area contributed by atoms with Gasteiger partial charge >= 0.3 is 12.4 Å². The quantitative estimate of drug-likeness (QED) is 0.101. The number of benzene rings is 4. The lowest BCUT2D eigenvalue weighted by Gasteiger charge is -2.40. The van der Waals surface area contributed by atoms with Gasteiger partial charge in [-0.2, -0.15) is 26.3 Å². The van der Waals surface area contributed by atoms with Gasteiger partial charge in [-0.3, -0.25) is 0 Å². The minimum Gasteiger partial charge on any atom is -0.338 e. The fourth-order valence-electron chi connectivity index (χ4n) is 7.62. The molecule has 4 aromatic rings. The van der Waals surface area contributed by atoms with Crippen LogP contribution in [0.5, 0.6) is 0 Å². The highest BCUT2D eigenvalue weighted by Crippen LogP contribution is 2.41. The molecule has 0 spiro atoms. The van der Waals surface area contributed by atoms with E-state index in [4.69, 9.17) is 16.6 Å². The van der Waals surface area contributed by atoms with Crippen molar-refractivity contribution in [3.63, 3.8) is 0 Å². The zero-order chi connectivity index (χ0) is 42.1. The first-order valence-electron chi connectivity index (χ1n) is 19.6. The van der Waals surface area contributed by atoms with Gasteiger partial charge in [-0.25, -0.2) is 9.98 Å². The van der Waals surface area contributed by atoms with Crippen LogP contribution in [0.25, 0.3) is 0 Å². The zero-order valence-electron chi connectivity index (χ0n) is 34.4. The van der Waals surface area contributed by atoms with Crippen molar-refractivity contribution in [2.24, 2.45) is 9.98 Å². The average Bonchev–Trinajstić information content (AvgIpc) is 3.11. The minimum absolute atomic E-state index is 0.0408. The first kappa shape index (κ1) is 43.8.